The number of amides is 1. The molecule has 3 rings (SSSR count). The maximum absolute atomic E-state index is 12.6. The van der Waals surface area contributed by atoms with E-state index in [9.17, 15) is 4.79 Å². The summed E-state index contributed by atoms with van der Waals surface area (Å²) in [6.45, 7) is 8.28. The minimum Gasteiger partial charge on any atom is -0.336 e. The molecule has 26 heavy (non-hydrogen) atoms. The van der Waals surface area contributed by atoms with E-state index in [2.05, 4.69) is 27.8 Å². The molecule has 3 aromatic rings. The molecule has 0 N–H and O–H groups in total. The number of rotatable bonds is 7. The first-order valence-corrected chi connectivity index (χ1v) is 10.1. The second-order valence-corrected chi connectivity index (χ2v) is 7.92. The molecule has 0 aliphatic heterocycles. The largest absolute Gasteiger partial charge is 0.336 e. The standard InChI is InChI=1S/C18H21N5OS2/c1-5-10-23-13(3)20-21-18(23)25-11-16(24)22(4)12(2)17-19-14-8-6-7-9-15(14)26-17/h5-9,12H,1,10-11H2,2-4H3/t12-/m1/s1. The third kappa shape index (κ3) is 3.81. The lowest BCUT2D eigenvalue weighted by molar-refractivity contribution is -0.128. The summed E-state index contributed by atoms with van der Waals surface area (Å²) in [5.74, 6) is 1.16. The van der Waals surface area contributed by atoms with Gasteiger partial charge in [-0.25, -0.2) is 4.98 Å². The number of hydrogen-bond donors (Lipinski definition) is 0. The number of nitrogens with zero attached hydrogens (tertiary/aromatic N) is 5. The maximum atomic E-state index is 12.6. The Balaban J connectivity index is 1.66. The summed E-state index contributed by atoms with van der Waals surface area (Å²) in [5, 5.41) is 9.90. The number of carbonyl (C=O) groups excluding carboxylic acids is 1. The Kier molecular flexibility index (Phi) is 5.73. The van der Waals surface area contributed by atoms with E-state index in [1.165, 1.54) is 11.8 Å². The van der Waals surface area contributed by atoms with Gasteiger partial charge in [0.15, 0.2) is 5.16 Å². The van der Waals surface area contributed by atoms with Crippen molar-refractivity contribution in [2.24, 2.45) is 0 Å². The van der Waals surface area contributed by atoms with E-state index >= 15 is 0 Å². The molecule has 0 bridgehead atoms. The molecule has 0 aliphatic rings. The number of carbonyl (C=O) groups is 1. The monoisotopic (exact) mass is 387 g/mol. The number of aryl methyl sites for hydroxylation is 1. The second-order valence-electron chi connectivity index (χ2n) is 5.92. The van der Waals surface area contributed by atoms with Crippen LogP contribution in [-0.4, -0.2) is 43.4 Å². The van der Waals surface area contributed by atoms with E-state index < -0.39 is 0 Å². The van der Waals surface area contributed by atoms with Gasteiger partial charge in [0.1, 0.15) is 10.8 Å². The highest BCUT2D eigenvalue weighted by atomic mass is 32.2. The number of thioether (sulfide) groups is 1. The summed E-state index contributed by atoms with van der Waals surface area (Å²) >= 11 is 3.02. The van der Waals surface area contributed by atoms with Crippen molar-refractivity contribution in [1.82, 2.24) is 24.6 Å². The van der Waals surface area contributed by atoms with Crippen molar-refractivity contribution in [3.63, 3.8) is 0 Å². The number of benzene rings is 1. The quantitative estimate of drug-likeness (QED) is 0.457. The number of aromatic nitrogens is 4. The maximum Gasteiger partial charge on any atom is 0.233 e. The van der Waals surface area contributed by atoms with Crippen LogP contribution in [0.2, 0.25) is 0 Å². The van der Waals surface area contributed by atoms with Crippen molar-refractivity contribution in [2.75, 3.05) is 12.8 Å². The van der Waals surface area contributed by atoms with Crippen molar-refractivity contribution in [1.29, 1.82) is 0 Å². The number of thiazole rings is 1. The third-order valence-corrected chi connectivity index (χ3v) is 6.34. The predicted molar refractivity (Wildman–Crippen MR) is 106 cm³/mol. The van der Waals surface area contributed by atoms with Crippen LogP contribution >= 0.6 is 23.1 Å². The molecule has 2 heterocycles. The van der Waals surface area contributed by atoms with Gasteiger partial charge >= 0.3 is 0 Å². The normalized spacial score (nSPS) is 12.3. The van der Waals surface area contributed by atoms with Crippen molar-refractivity contribution >= 4 is 39.2 Å². The number of para-hydroxylation sites is 1. The van der Waals surface area contributed by atoms with Gasteiger partial charge in [-0.05, 0) is 26.0 Å². The van der Waals surface area contributed by atoms with Gasteiger partial charge in [-0.15, -0.1) is 28.1 Å². The van der Waals surface area contributed by atoms with Crippen LogP contribution in [0, 0.1) is 6.92 Å². The minimum absolute atomic E-state index is 0.0348. The summed E-state index contributed by atoms with van der Waals surface area (Å²) in [6.07, 6.45) is 1.80. The summed E-state index contributed by atoms with van der Waals surface area (Å²) in [7, 11) is 1.82. The smallest absolute Gasteiger partial charge is 0.233 e. The Bertz CT molecular complexity index is 900. The molecule has 8 heteroatoms. The average molecular weight is 388 g/mol. The molecular formula is C18H21N5OS2. The lowest BCUT2D eigenvalue weighted by atomic mass is 10.3. The van der Waals surface area contributed by atoms with Gasteiger partial charge in [-0.1, -0.05) is 30.0 Å². The van der Waals surface area contributed by atoms with Gasteiger partial charge in [0, 0.05) is 13.6 Å². The predicted octanol–water partition coefficient (Wildman–Crippen LogP) is 3.69. The Morgan fingerprint density at radius 1 is 1.42 bits per heavy atom. The van der Waals surface area contributed by atoms with Crippen molar-refractivity contribution in [3.05, 3.63) is 47.8 Å². The highest BCUT2D eigenvalue weighted by Crippen LogP contribution is 2.29. The van der Waals surface area contributed by atoms with Gasteiger partial charge in [-0.2, -0.15) is 0 Å². The van der Waals surface area contributed by atoms with Gasteiger partial charge in [0.2, 0.25) is 5.91 Å². The zero-order valence-electron chi connectivity index (χ0n) is 15.0. The minimum atomic E-state index is -0.0757. The fourth-order valence-electron chi connectivity index (χ4n) is 2.49. The fraction of sp³-hybridized carbons (Fsp3) is 0.333. The van der Waals surface area contributed by atoms with Crippen molar-refractivity contribution in [3.8, 4) is 0 Å². The van der Waals surface area contributed by atoms with Crippen LogP contribution in [0.5, 0.6) is 0 Å². The van der Waals surface area contributed by atoms with E-state index in [4.69, 9.17) is 0 Å². The lowest BCUT2D eigenvalue weighted by Crippen LogP contribution is -2.31. The van der Waals surface area contributed by atoms with Crippen LogP contribution in [0.3, 0.4) is 0 Å². The van der Waals surface area contributed by atoms with E-state index in [0.717, 1.165) is 26.2 Å². The summed E-state index contributed by atoms with van der Waals surface area (Å²) < 4.78 is 3.08. The Labute approximate surface area is 160 Å². The fourth-order valence-corrected chi connectivity index (χ4v) is 4.47. The highest BCUT2D eigenvalue weighted by Gasteiger charge is 2.21. The molecule has 1 amide bonds. The molecular weight excluding hydrogens is 366 g/mol. The zero-order valence-corrected chi connectivity index (χ0v) is 16.7. The van der Waals surface area contributed by atoms with E-state index in [0.29, 0.717) is 12.3 Å². The highest BCUT2D eigenvalue weighted by molar-refractivity contribution is 7.99. The SMILES string of the molecule is C=CCn1c(C)nnc1SCC(=O)N(C)[C@H](C)c1nc2ccccc2s1. The Morgan fingerprint density at radius 2 is 2.19 bits per heavy atom. The number of hydrogen-bond acceptors (Lipinski definition) is 6. The van der Waals surface area contributed by atoms with Gasteiger partial charge in [0.05, 0.1) is 22.0 Å². The van der Waals surface area contributed by atoms with Crippen LogP contribution in [0.4, 0.5) is 0 Å². The molecule has 2 aromatic heterocycles. The first-order valence-electron chi connectivity index (χ1n) is 8.26. The van der Waals surface area contributed by atoms with Gasteiger partial charge < -0.3 is 9.47 Å². The van der Waals surface area contributed by atoms with Crippen molar-refractivity contribution in [2.45, 2.75) is 31.6 Å². The molecule has 1 aromatic carbocycles. The van der Waals surface area contributed by atoms with Crippen molar-refractivity contribution < 1.29 is 4.79 Å². The molecule has 0 radical (unpaired) electrons. The molecule has 1 atom stereocenters. The van der Waals surface area contributed by atoms with Crippen LogP contribution in [0.25, 0.3) is 10.2 Å². The first-order chi connectivity index (χ1) is 12.5. The van der Waals surface area contributed by atoms with Crippen LogP contribution in [0.15, 0.2) is 42.1 Å². The van der Waals surface area contributed by atoms with Crippen LogP contribution < -0.4 is 0 Å². The topological polar surface area (TPSA) is 63.9 Å². The molecule has 0 unspecified atom stereocenters. The zero-order chi connectivity index (χ0) is 18.7. The summed E-state index contributed by atoms with van der Waals surface area (Å²) in [6, 6.07) is 7.95. The number of allylic oxidation sites excluding steroid dienone is 1. The molecule has 0 aliphatic carbocycles. The van der Waals surface area contributed by atoms with E-state index in [1.54, 1.807) is 22.3 Å². The first kappa shape index (κ1) is 18.6. The Morgan fingerprint density at radius 3 is 2.92 bits per heavy atom. The third-order valence-electron chi connectivity index (χ3n) is 4.18. The summed E-state index contributed by atoms with van der Waals surface area (Å²) in [4.78, 5) is 19.0. The molecule has 0 fully saturated rings. The van der Waals surface area contributed by atoms with E-state index in [1.807, 2.05) is 43.7 Å². The lowest BCUT2D eigenvalue weighted by Gasteiger charge is -2.23. The Hall–Kier alpha value is -2.19. The summed E-state index contributed by atoms with van der Waals surface area (Å²) in [5.41, 5.74) is 0.975. The van der Waals surface area contributed by atoms with E-state index in [-0.39, 0.29) is 11.9 Å². The molecule has 0 saturated heterocycles. The van der Waals surface area contributed by atoms with Gasteiger partial charge in [-0.3, -0.25) is 4.79 Å². The van der Waals surface area contributed by atoms with Crippen LogP contribution in [-0.2, 0) is 11.3 Å². The second kappa shape index (κ2) is 8.01. The van der Waals surface area contributed by atoms with Crippen LogP contribution in [0.1, 0.15) is 23.8 Å². The average Bonchev–Trinajstić information content (AvgIpc) is 3.23. The molecule has 136 valence electrons. The van der Waals surface area contributed by atoms with Gasteiger partial charge in [0.25, 0.3) is 0 Å². The molecule has 6 nitrogen and oxygen atoms in total. The number of fused-ring (bicyclic) bond motifs is 1. The molecule has 0 saturated carbocycles. The molecule has 0 spiro atoms.